The van der Waals surface area contributed by atoms with Crippen molar-refractivity contribution in [3.63, 3.8) is 0 Å². The van der Waals surface area contributed by atoms with E-state index < -0.39 is 0 Å². The Hall–Kier alpha value is -0.340. The fourth-order valence-electron chi connectivity index (χ4n) is 0.945. The number of rotatable bonds is 7. The average molecular weight is 170 g/mol. The third-order valence-corrected chi connectivity index (χ3v) is 1.97. The van der Waals surface area contributed by atoms with E-state index in [1.165, 1.54) is 18.4 Å². The fourth-order valence-corrected chi connectivity index (χ4v) is 0.945. The molecule has 0 aromatic heterocycles. The molecule has 0 radical (unpaired) electrons. The minimum absolute atomic E-state index is 1.11. The van der Waals surface area contributed by atoms with E-state index in [2.05, 4.69) is 30.6 Å². The van der Waals surface area contributed by atoms with Gasteiger partial charge >= 0.3 is 0 Å². The summed E-state index contributed by atoms with van der Waals surface area (Å²) in [6.45, 7) is 7.61. The third-order valence-electron chi connectivity index (χ3n) is 1.97. The number of hydrogen-bond donors (Lipinski definition) is 2. The van der Waals surface area contributed by atoms with E-state index in [1.54, 1.807) is 0 Å². The van der Waals surface area contributed by atoms with Gasteiger partial charge in [-0.05, 0) is 53.4 Å². The molecular weight excluding hydrogens is 148 g/mol. The maximum Gasteiger partial charge on any atom is -0.00117 e. The van der Waals surface area contributed by atoms with Crippen molar-refractivity contribution in [1.82, 2.24) is 10.6 Å². The lowest BCUT2D eigenvalue weighted by Crippen LogP contribution is -2.20. The molecule has 0 atom stereocenters. The molecule has 0 bridgehead atoms. The monoisotopic (exact) mass is 170 g/mol. The van der Waals surface area contributed by atoms with Crippen molar-refractivity contribution in [3.05, 3.63) is 11.6 Å². The van der Waals surface area contributed by atoms with E-state index in [9.17, 15) is 0 Å². The Bertz CT molecular complexity index is 119. The predicted octanol–water partition coefficient (Wildman–Crippen LogP) is 1.54. The topological polar surface area (TPSA) is 24.1 Å². The summed E-state index contributed by atoms with van der Waals surface area (Å²) in [6.07, 6.45) is 4.57. The lowest BCUT2D eigenvalue weighted by atomic mass is 10.2. The molecule has 12 heavy (non-hydrogen) atoms. The van der Waals surface area contributed by atoms with E-state index in [-0.39, 0.29) is 0 Å². The summed E-state index contributed by atoms with van der Waals surface area (Å²) in [6, 6.07) is 0. The molecule has 2 N–H and O–H groups in total. The molecule has 0 saturated carbocycles. The van der Waals surface area contributed by atoms with Gasteiger partial charge in [0.15, 0.2) is 0 Å². The van der Waals surface area contributed by atoms with Crippen LogP contribution in [0.3, 0.4) is 0 Å². The Labute approximate surface area is 76.4 Å². The second-order valence-corrected chi connectivity index (χ2v) is 3.09. The molecule has 0 aromatic rings. The summed E-state index contributed by atoms with van der Waals surface area (Å²) in [4.78, 5) is 0. The van der Waals surface area contributed by atoms with E-state index in [0.717, 1.165) is 19.6 Å². The van der Waals surface area contributed by atoms with Gasteiger partial charge in [-0.15, -0.1) is 0 Å². The van der Waals surface area contributed by atoms with Gasteiger partial charge in [-0.25, -0.2) is 0 Å². The molecule has 0 heterocycles. The van der Waals surface area contributed by atoms with E-state index in [0.29, 0.717) is 0 Å². The lowest BCUT2D eigenvalue weighted by Gasteiger charge is -2.04. The minimum Gasteiger partial charge on any atom is -0.320 e. The maximum absolute atomic E-state index is 3.40. The molecule has 0 amide bonds. The van der Waals surface area contributed by atoms with Crippen LogP contribution in [0.2, 0.25) is 0 Å². The molecule has 0 unspecified atom stereocenters. The highest BCUT2D eigenvalue weighted by molar-refractivity contribution is 4.95. The second kappa shape index (κ2) is 8.75. The van der Waals surface area contributed by atoms with E-state index >= 15 is 0 Å². The number of allylic oxidation sites excluding steroid dienone is 1. The Morgan fingerprint density at radius 2 is 2.00 bits per heavy atom. The van der Waals surface area contributed by atoms with Gasteiger partial charge in [0, 0.05) is 0 Å². The zero-order valence-electron chi connectivity index (χ0n) is 8.61. The predicted molar refractivity (Wildman–Crippen MR) is 55.5 cm³/mol. The Balaban J connectivity index is 3.00. The van der Waals surface area contributed by atoms with Crippen LogP contribution in [-0.2, 0) is 0 Å². The lowest BCUT2D eigenvalue weighted by molar-refractivity contribution is 0.623. The van der Waals surface area contributed by atoms with Crippen molar-refractivity contribution in [1.29, 1.82) is 0 Å². The quantitative estimate of drug-likeness (QED) is 0.447. The van der Waals surface area contributed by atoms with Crippen molar-refractivity contribution < 1.29 is 0 Å². The van der Waals surface area contributed by atoms with Crippen LogP contribution in [-0.4, -0.2) is 26.7 Å². The highest BCUT2D eigenvalue weighted by Gasteiger charge is 1.88. The minimum atomic E-state index is 1.11. The summed E-state index contributed by atoms with van der Waals surface area (Å²) in [5.41, 5.74) is 1.47. The molecule has 2 nitrogen and oxygen atoms in total. The largest absolute Gasteiger partial charge is 0.320 e. The zero-order chi connectivity index (χ0) is 9.23. The van der Waals surface area contributed by atoms with Crippen molar-refractivity contribution >= 4 is 0 Å². The van der Waals surface area contributed by atoms with Gasteiger partial charge in [0.05, 0.1) is 0 Å². The normalized spacial score (nSPS) is 12.1. The van der Waals surface area contributed by atoms with Gasteiger partial charge in [-0.3, -0.25) is 0 Å². The molecule has 0 rings (SSSR count). The first kappa shape index (κ1) is 11.7. The Morgan fingerprint density at radius 1 is 1.25 bits per heavy atom. The molecule has 0 spiro atoms. The summed E-state index contributed by atoms with van der Waals surface area (Å²) in [5, 5.41) is 6.53. The van der Waals surface area contributed by atoms with Crippen LogP contribution in [0.5, 0.6) is 0 Å². The molecular formula is C10H22N2. The van der Waals surface area contributed by atoms with Gasteiger partial charge in [0.25, 0.3) is 0 Å². The van der Waals surface area contributed by atoms with E-state index in [4.69, 9.17) is 0 Å². The standard InChI is InChI=1S/C10H22N2/c1-4-10(2)6-9-12-8-5-7-11-3/h4,11-12H,5-9H2,1-3H3/b10-4+. The molecule has 2 heteroatoms. The van der Waals surface area contributed by atoms with Crippen LogP contribution in [0.15, 0.2) is 11.6 Å². The van der Waals surface area contributed by atoms with Crippen LogP contribution in [0, 0.1) is 0 Å². The van der Waals surface area contributed by atoms with Gasteiger partial charge < -0.3 is 10.6 Å². The Kier molecular flexibility index (Phi) is 8.51. The van der Waals surface area contributed by atoms with Gasteiger partial charge in [0.2, 0.25) is 0 Å². The van der Waals surface area contributed by atoms with Crippen LogP contribution in [0.25, 0.3) is 0 Å². The van der Waals surface area contributed by atoms with Crippen molar-refractivity contribution in [2.75, 3.05) is 26.7 Å². The van der Waals surface area contributed by atoms with Crippen LogP contribution < -0.4 is 10.6 Å². The van der Waals surface area contributed by atoms with Gasteiger partial charge in [-0.2, -0.15) is 0 Å². The average Bonchev–Trinajstić information content (AvgIpc) is 2.10. The third kappa shape index (κ3) is 7.76. The first-order valence-corrected chi connectivity index (χ1v) is 4.78. The second-order valence-electron chi connectivity index (χ2n) is 3.09. The summed E-state index contributed by atoms with van der Waals surface area (Å²) >= 11 is 0. The Morgan fingerprint density at radius 3 is 2.58 bits per heavy atom. The van der Waals surface area contributed by atoms with Crippen molar-refractivity contribution in [3.8, 4) is 0 Å². The van der Waals surface area contributed by atoms with Crippen molar-refractivity contribution in [2.45, 2.75) is 26.7 Å². The van der Waals surface area contributed by atoms with Crippen LogP contribution >= 0.6 is 0 Å². The van der Waals surface area contributed by atoms with Crippen molar-refractivity contribution in [2.24, 2.45) is 0 Å². The number of hydrogen-bond acceptors (Lipinski definition) is 2. The van der Waals surface area contributed by atoms with Crippen LogP contribution in [0.4, 0.5) is 0 Å². The summed E-state index contributed by atoms with van der Waals surface area (Å²) in [5.74, 6) is 0. The summed E-state index contributed by atoms with van der Waals surface area (Å²) < 4.78 is 0. The maximum atomic E-state index is 3.40. The molecule has 0 aromatic carbocycles. The summed E-state index contributed by atoms with van der Waals surface area (Å²) in [7, 11) is 1.99. The van der Waals surface area contributed by atoms with E-state index in [1.807, 2.05) is 7.05 Å². The molecule has 72 valence electrons. The molecule has 0 saturated heterocycles. The van der Waals surface area contributed by atoms with Gasteiger partial charge in [0.1, 0.15) is 0 Å². The first-order valence-electron chi connectivity index (χ1n) is 4.78. The highest BCUT2D eigenvalue weighted by atomic mass is 14.9. The molecule has 0 aliphatic carbocycles. The fraction of sp³-hybridized carbons (Fsp3) is 0.800. The molecule has 0 aliphatic heterocycles. The highest BCUT2D eigenvalue weighted by Crippen LogP contribution is 1.95. The van der Waals surface area contributed by atoms with Crippen LogP contribution in [0.1, 0.15) is 26.7 Å². The smallest absolute Gasteiger partial charge is 0.00117 e. The molecule has 0 aliphatic rings. The zero-order valence-corrected chi connectivity index (χ0v) is 8.61. The van der Waals surface area contributed by atoms with Gasteiger partial charge in [-0.1, -0.05) is 11.6 Å². The SMILES string of the molecule is C/C=C(\C)CCNCCCNC. The first-order chi connectivity index (χ1) is 5.81. The number of nitrogens with one attached hydrogen (secondary N) is 2. The molecule has 0 fully saturated rings.